The van der Waals surface area contributed by atoms with Gasteiger partial charge in [-0.25, -0.2) is 9.50 Å². The van der Waals surface area contributed by atoms with E-state index < -0.39 is 6.04 Å². The van der Waals surface area contributed by atoms with Crippen LogP contribution < -0.4 is 14.8 Å². The number of aromatic nitrogens is 3. The number of hydrogen-bond donors (Lipinski definition) is 1. The maximum atomic E-state index is 12.9. The van der Waals surface area contributed by atoms with Crippen molar-refractivity contribution in [3.05, 3.63) is 63.6 Å². The highest BCUT2D eigenvalue weighted by Crippen LogP contribution is 2.33. The first-order chi connectivity index (χ1) is 18.3. The van der Waals surface area contributed by atoms with Crippen LogP contribution in [0.4, 0.5) is 0 Å². The van der Waals surface area contributed by atoms with Gasteiger partial charge in [-0.05, 0) is 56.3 Å². The van der Waals surface area contributed by atoms with Crippen LogP contribution in [-0.4, -0.2) is 47.3 Å². The highest BCUT2D eigenvalue weighted by Gasteiger charge is 2.21. The molecular weight excluding hydrogens is 504 g/mol. The number of nitrogens with zero attached hydrogens (tertiary/aromatic N) is 3. The number of rotatable bonds is 11. The number of ether oxygens (including phenoxy) is 3. The molecule has 0 saturated heterocycles. The molecule has 0 unspecified atom stereocenters. The van der Waals surface area contributed by atoms with Gasteiger partial charge in [-0.2, -0.15) is 5.10 Å². The van der Waals surface area contributed by atoms with E-state index in [1.165, 1.54) is 11.3 Å². The van der Waals surface area contributed by atoms with Crippen LogP contribution in [0.25, 0.3) is 16.9 Å². The molecule has 10 heteroatoms. The van der Waals surface area contributed by atoms with E-state index in [1.54, 1.807) is 25.7 Å². The number of aryl methyl sites for hydroxylation is 2. The highest BCUT2D eigenvalue weighted by molar-refractivity contribution is 7.10. The van der Waals surface area contributed by atoms with Crippen molar-refractivity contribution >= 4 is 28.9 Å². The SMILES string of the molecule is CCOC(=O)C[C@H](NC(=O)CCc1c(C)nc2cc(-c3ccc(OC)cc3OC)nn2c1C)c1cccs1. The number of benzene rings is 1. The number of hydrogen-bond acceptors (Lipinski definition) is 8. The fourth-order valence-corrected chi connectivity index (χ4v) is 5.21. The molecule has 1 atom stereocenters. The summed E-state index contributed by atoms with van der Waals surface area (Å²) in [6.45, 7) is 5.99. The Morgan fingerprint density at radius 1 is 1.13 bits per heavy atom. The topological polar surface area (TPSA) is 104 Å². The molecule has 0 aliphatic carbocycles. The van der Waals surface area contributed by atoms with Gasteiger partial charge in [-0.15, -0.1) is 11.3 Å². The Hall–Kier alpha value is -3.92. The number of methoxy groups -OCH3 is 2. The third-order valence-corrected chi connectivity index (χ3v) is 7.33. The summed E-state index contributed by atoms with van der Waals surface area (Å²) in [6, 6.07) is 10.9. The molecule has 9 nitrogen and oxygen atoms in total. The lowest BCUT2D eigenvalue weighted by Gasteiger charge is -2.17. The van der Waals surface area contributed by atoms with Crippen molar-refractivity contribution < 1.29 is 23.8 Å². The molecule has 1 aromatic carbocycles. The van der Waals surface area contributed by atoms with Gasteiger partial charge in [0.1, 0.15) is 11.5 Å². The number of thiophene rings is 1. The van der Waals surface area contributed by atoms with Gasteiger partial charge in [0.15, 0.2) is 5.65 Å². The molecule has 0 bridgehead atoms. The van der Waals surface area contributed by atoms with Crippen molar-refractivity contribution in [1.82, 2.24) is 19.9 Å². The molecule has 200 valence electrons. The first-order valence-corrected chi connectivity index (χ1v) is 13.3. The zero-order valence-corrected chi connectivity index (χ0v) is 23.1. The lowest BCUT2D eigenvalue weighted by Crippen LogP contribution is -2.30. The normalized spacial score (nSPS) is 11.8. The lowest BCUT2D eigenvalue weighted by atomic mass is 10.1. The molecule has 0 radical (unpaired) electrons. The molecule has 0 aliphatic heterocycles. The van der Waals surface area contributed by atoms with Crippen LogP contribution >= 0.6 is 11.3 Å². The predicted molar refractivity (Wildman–Crippen MR) is 146 cm³/mol. The summed E-state index contributed by atoms with van der Waals surface area (Å²) in [7, 11) is 3.22. The third-order valence-electron chi connectivity index (χ3n) is 6.35. The second kappa shape index (κ2) is 12.1. The Bertz CT molecular complexity index is 1430. The van der Waals surface area contributed by atoms with Crippen molar-refractivity contribution in [2.45, 2.75) is 46.1 Å². The average Bonchev–Trinajstić information content (AvgIpc) is 3.58. The van der Waals surface area contributed by atoms with Crippen LogP contribution in [0.5, 0.6) is 11.5 Å². The van der Waals surface area contributed by atoms with E-state index >= 15 is 0 Å². The summed E-state index contributed by atoms with van der Waals surface area (Å²) in [5, 5.41) is 9.72. The largest absolute Gasteiger partial charge is 0.497 e. The maximum absolute atomic E-state index is 12.9. The molecule has 1 amide bonds. The smallest absolute Gasteiger partial charge is 0.308 e. The number of amides is 1. The zero-order chi connectivity index (χ0) is 27.2. The van der Waals surface area contributed by atoms with Crippen LogP contribution in [0.3, 0.4) is 0 Å². The molecule has 0 fully saturated rings. The Kier molecular flexibility index (Phi) is 8.62. The van der Waals surface area contributed by atoms with Crippen LogP contribution in [0.15, 0.2) is 41.8 Å². The van der Waals surface area contributed by atoms with E-state index in [2.05, 4.69) is 5.32 Å². The third kappa shape index (κ3) is 5.96. The van der Waals surface area contributed by atoms with E-state index in [4.69, 9.17) is 24.3 Å². The molecule has 0 spiro atoms. The minimum Gasteiger partial charge on any atom is -0.497 e. The van der Waals surface area contributed by atoms with Crippen LogP contribution in [-0.2, 0) is 20.7 Å². The van der Waals surface area contributed by atoms with E-state index in [-0.39, 0.29) is 24.7 Å². The molecule has 3 heterocycles. The number of nitrogens with one attached hydrogen (secondary N) is 1. The Labute approximate surface area is 225 Å². The van der Waals surface area contributed by atoms with Gasteiger partial charge in [0.05, 0.1) is 39.0 Å². The molecule has 3 aromatic heterocycles. The summed E-state index contributed by atoms with van der Waals surface area (Å²) in [5.74, 6) is 0.872. The minimum atomic E-state index is -0.419. The van der Waals surface area contributed by atoms with Gasteiger partial charge in [0, 0.05) is 40.4 Å². The number of carbonyl (C=O) groups excluding carboxylic acids is 2. The summed E-state index contributed by atoms with van der Waals surface area (Å²) >= 11 is 1.50. The van der Waals surface area contributed by atoms with Crippen molar-refractivity contribution in [2.75, 3.05) is 20.8 Å². The molecule has 0 saturated carbocycles. The maximum Gasteiger partial charge on any atom is 0.308 e. The zero-order valence-electron chi connectivity index (χ0n) is 22.2. The summed E-state index contributed by atoms with van der Waals surface area (Å²) in [5.41, 5.74) is 5.00. The van der Waals surface area contributed by atoms with Gasteiger partial charge >= 0.3 is 5.97 Å². The summed E-state index contributed by atoms with van der Waals surface area (Å²) in [4.78, 5) is 30.7. The van der Waals surface area contributed by atoms with E-state index in [9.17, 15) is 9.59 Å². The molecule has 4 rings (SSSR count). The number of carbonyl (C=O) groups is 2. The van der Waals surface area contributed by atoms with E-state index in [1.807, 2.05) is 55.6 Å². The van der Waals surface area contributed by atoms with Gasteiger partial charge < -0.3 is 19.5 Å². The van der Waals surface area contributed by atoms with Crippen molar-refractivity contribution in [1.29, 1.82) is 0 Å². The second-order valence-corrected chi connectivity index (χ2v) is 9.75. The Balaban J connectivity index is 1.52. The van der Waals surface area contributed by atoms with Crippen LogP contribution in [0.1, 0.15) is 47.6 Å². The summed E-state index contributed by atoms with van der Waals surface area (Å²) < 4.78 is 17.8. The van der Waals surface area contributed by atoms with E-state index in [0.717, 1.165) is 33.1 Å². The highest BCUT2D eigenvalue weighted by atomic mass is 32.1. The molecular formula is C28H32N4O5S. The van der Waals surface area contributed by atoms with Crippen molar-refractivity contribution in [3.8, 4) is 22.8 Å². The van der Waals surface area contributed by atoms with E-state index in [0.29, 0.717) is 30.2 Å². The standard InChI is InChI=1S/C28H32N4O5S/c1-6-37-28(34)16-23(25-8-7-13-38-25)30-27(33)12-11-20-17(2)29-26-15-22(31-32(26)18(20)3)21-10-9-19(35-4)14-24(21)36-5/h7-10,13-15,23H,6,11-12,16H2,1-5H3,(H,30,33)/t23-/m0/s1. The monoisotopic (exact) mass is 536 g/mol. The van der Waals surface area contributed by atoms with Crippen molar-refractivity contribution in [3.63, 3.8) is 0 Å². The van der Waals surface area contributed by atoms with Crippen LogP contribution in [0.2, 0.25) is 0 Å². The quantitative estimate of drug-likeness (QED) is 0.274. The molecule has 38 heavy (non-hydrogen) atoms. The first kappa shape index (κ1) is 27.1. The minimum absolute atomic E-state index is 0.0938. The number of fused-ring (bicyclic) bond motifs is 1. The number of esters is 1. The fourth-order valence-electron chi connectivity index (χ4n) is 4.43. The van der Waals surface area contributed by atoms with Gasteiger partial charge in [-0.1, -0.05) is 6.07 Å². The van der Waals surface area contributed by atoms with Crippen LogP contribution in [0, 0.1) is 13.8 Å². The first-order valence-electron chi connectivity index (χ1n) is 12.4. The van der Waals surface area contributed by atoms with Gasteiger partial charge in [0.2, 0.25) is 5.91 Å². The molecule has 4 aromatic rings. The Morgan fingerprint density at radius 3 is 2.63 bits per heavy atom. The molecule has 0 aliphatic rings. The average molecular weight is 537 g/mol. The predicted octanol–water partition coefficient (Wildman–Crippen LogP) is 4.84. The van der Waals surface area contributed by atoms with Crippen molar-refractivity contribution in [2.24, 2.45) is 0 Å². The van der Waals surface area contributed by atoms with Gasteiger partial charge in [-0.3, -0.25) is 9.59 Å². The van der Waals surface area contributed by atoms with Gasteiger partial charge in [0.25, 0.3) is 0 Å². The fraction of sp³-hybridized carbons (Fsp3) is 0.357. The summed E-state index contributed by atoms with van der Waals surface area (Å²) in [6.07, 6.45) is 0.834. The second-order valence-electron chi connectivity index (χ2n) is 8.77. The Morgan fingerprint density at radius 2 is 1.95 bits per heavy atom. The molecule has 1 N–H and O–H groups in total. The lowest BCUT2D eigenvalue weighted by molar-refractivity contribution is -0.143.